The molecule has 1 fully saturated rings. The smallest absolute Gasteiger partial charge is 0.303 e. The second-order valence-electron chi connectivity index (χ2n) is 7.97. The Kier molecular flexibility index (Phi) is 6.30. The Morgan fingerprint density at radius 1 is 1.12 bits per heavy atom. The molecule has 6 nitrogen and oxygen atoms in total. The van der Waals surface area contributed by atoms with Gasteiger partial charge in [-0.3, -0.25) is 9.78 Å². The lowest BCUT2D eigenvalue weighted by Crippen LogP contribution is -2.35. The Morgan fingerprint density at radius 3 is 2.41 bits per heavy atom. The zero-order valence-electron chi connectivity index (χ0n) is 17.6. The van der Waals surface area contributed by atoms with Crippen LogP contribution in [-0.4, -0.2) is 34.1 Å². The predicted octanol–water partition coefficient (Wildman–Crippen LogP) is 5.21. The fraction of sp³-hybridized carbons (Fsp3) is 0.292. The van der Waals surface area contributed by atoms with Crippen LogP contribution in [0.4, 0.5) is 14.5 Å². The number of ether oxygens (including phenoxy) is 1. The summed E-state index contributed by atoms with van der Waals surface area (Å²) in [6.07, 6.45) is 4.10. The fourth-order valence-corrected chi connectivity index (χ4v) is 3.89. The molecule has 0 saturated carbocycles. The summed E-state index contributed by atoms with van der Waals surface area (Å²) in [6, 6.07) is 9.89. The fourth-order valence-electron chi connectivity index (χ4n) is 3.89. The minimum atomic E-state index is -0.847. The monoisotopic (exact) mass is 439 g/mol. The number of benzene rings is 2. The first-order valence-corrected chi connectivity index (χ1v) is 10.4. The van der Waals surface area contributed by atoms with Crippen LogP contribution in [0.25, 0.3) is 11.3 Å². The third-order valence-electron chi connectivity index (χ3n) is 5.56. The number of hydrogen-bond donors (Lipinski definition) is 1. The number of nitrogens with zero attached hydrogens (tertiary/aromatic N) is 3. The summed E-state index contributed by atoms with van der Waals surface area (Å²) in [7, 11) is 0. The summed E-state index contributed by atoms with van der Waals surface area (Å²) in [5, 5.41) is 8.94. The molecule has 8 heteroatoms. The Balaban J connectivity index is 1.52. The highest BCUT2D eigenvalue weighted by Gasteiger charge is 2.26. The van der Waals surface area contributed by atoms with E-state index >= 15 is 0 Å². The van der Waals surface area contributed by atoms with Crippen LogP contribution < -0.4 is 9.64 Å². The maximum absolute atomic E-state index is 14.9. The number of aryl methyl sites for hydroxylation is 1. The van der Waals surface area contributed by atoms with Gasteiger partial charge in [-0.05, 0) is 49.9 Å². The highest BCUT2D eigenvalue weighted by Crippen LogP contribution is 2.33. The van der Waals surface area contributed by atoms with Crippen molar-refractivity contribution in [3.05, 3.63) is 66.0 Å². The molecule has 0 amide bonds. The van der Waals surface area contributed by atoms with Crippen LogP contribution in [0.5, 0.6) is 11.6 Å². The Morgan fingerprint density at radius 2 is 1.78 bits per heavy atom. The van der Waals surface area contributed by atoms with Gasteiger partial charge in [0.1, 0.15) is 23.1 Å². The van der Waals surface area contributed by atoms with Crippen molar-refractivity contribution in [1.29, 1.82) is 0 Å². The van der Waals surface area contributed by atoms with Crippen molar-refractivity contribution in [3.8, 4) is 22.9 Å². The average molecular weight is 439 g/mol. The number of hydrogen-bond acceptors (Lipinski definition) is 5. The molecule has 1 aliphatic heterocycles. The zero-order valence-corrected chi connectivity index (χ0v) is 17.6. The first kappa shape index (κ1) is 21.7. The second kappa shape index (κ2) is 9.30. The Hall–Kier alpha value is -3.55. The van der Waals surface area contributed by atoms with Gasteiger partial charge in [0.25, 0.3) is 0 Å². The average Bonchev–Trinajstić information content (AvgIpc) is 2.76. The van der Waals surface area contributed by atoms with E-state index in [0.29, 0.717) is 37.4 Å². The topological polar surface area (TPSA) is 75.5 Å². The largest absolute Gasteiger partial charge is 0.481 e. The number of carboxylic acid groups (broad SMARTS) is 1. The lowest BCUT2D eigenvalue weighted by Gasteiger charge is -2.33. The Bertz CT molecular complexity index is 1090. The van der Waals surface area contributed by atoms with Crippen LogP contribution in [0.1, 0.15) is 24.8 Å². The van der Waals surface area contributed by atoms with Gasteiger partial charge in [0.15, 0.2) is 0 Å². The van der Waals surface area contributed by atoms with Crippen molar-refractivity contribution in [2.24, 2.45) is 5.92 Å². The molecule has 166 valence electrons. The van der Waals surface area contributed by atoms with E-state index < -0.39 is 17.6 Å². The van der Waals surface area contributed by atoms with Gasteiger partial charge in [-0.2, -0.15) is 0 Å². The lowest BCUT2D eigenvalue weighted by atomic mass is 9.93. The van der Waals surface area contributed by atoms with Crippen molar-refractivity contribution in [1.82, 2.24) is 9.97 Å². The standard InChI is InChI=1S/C24H23F2N3O3/c1-15-2-4-18(5-3-15)32-22-14-27-13-21(28-22)17-11-19(25)24(20(26)12-17)29-8-6-16(7-9-29)10-23(30)31/h2-5,11-14,16H,6-10H2,1H3,(H,30,31). The number of halogens is 2. The third kappa shape index (κ3) is 5.01. The molecule has 0 radical (unpaired) electrons. The van der Waals surface area contributed by atoms with E-state index in [1.807, 2.05) is 19.1 Å². The normalized spacial score (nSPS) is 14.4. The lowest BCUT2D eigenvalue weighted by molar-refractivity contribution is -0.138. The Labute approximate surface area is 184 Å². The molecule has 3 aromatic rings. The van der Waals surface area contributed by atoms with Crippen LogP contribution in [0.15, 0.2) is 48.8 Å². The summed E-state index contributed by atoms with van der Waals surface area (Å²) in [5.41, 5.74) is 1.54. The van der Waals surface area contributed by atoms with Crippen molar-refractivity contribution < 1.29 is 23.4 Å². The minimum Gasteiger partial charge on any atom is -0.481 e. The van der Waals surface area contributed by atoms with Gasteiger partial charge < -0.3 is 14.7 Å². The van der Waals surface area contributed by atoms with E-state index in [1.54, 1.807) is 17.0 Å². The van der Waals surface area contributed by atoms with Crippen LogP contribution in [0.2, 0.25) is 0 Å². The number of aromatic nitrogens is 2. The van der Waals surface area contributed by atoms with E-state index in [4.69, 9.17) is 9.84 Å². The van der Waals surface area contributed by atoms with E-state index in [9.17, 15) is 13.6 Å². The SMILES string of the molecule is Cc1ccc(Oc2cncc(-c3cc(F)c(N4CCC(CC(=O)O)CC4)c(F)c3)n2)cc1. The van der Waals surface area contributed by atoms with E-state index in [0.717, 1.165) is 5.56 Å². The summed E-state index contributed by atoms with van der Waals surface area (Å²) in [6.45, 7) is 2.78. The molecule has 1 aliphatic rings. The molecule has 0 atom stereocenters. The molecule has 4 rings (SSSR count). The summed E-state index contributed by atoms with van der Waals surface area (Å²) >= 11 is 0. The van der Waals surface area contributed by atoms with Crippen molar-refractivity contribution in [3.63, 3.8) is 0 Å². The molecule has 0 aliphatic carbocycles. The molecule has 0 unspecified atom stereocenters. The number of rotatable bonds is 6. The number of anilines is 1. The zero-order chi connectivity index (χ0) is 22.7. The molecular weight excluding hydrogens is 416 g/mol. The van der Waals surface area contributed by atoms with Crippen molar-refractivity contribution in [2.45, 2.75) is 26.2 Å². The van der Waals surface area contributed by atoms with Crippen molar-refractivity contribution in [2.75, 3.05) is 18.0 Å². The highest BCUT2D eigenvalue weighted by atomic mass is 19.1. The van der Waals surface area contributed by atoms with Crippen LogP contribution in [-0.2, 0) is 4.79 Å². The number of aliphatic carboxylic acids is 1. The van der Waals surface area contributed by atoms with E-state index in [2.05, 4.69) is 9.97 Å². The molecule has 1 N–H and O–H groups in total. The molecule has 0 spiro atoms. The highest BCUT2D eigenvalue weighted by molar-refractivity contribution is 5.67. The van der Waals surface area contributed by atoms with Gasteiger partial charge in [0.2, 0.25) is 5.88 Å². The molecule has 1 saturated heterocycles. The molecule has 1 aromatic heterocycles. The van der Waals surface area contributed by atoms with Gasteiger partial charge in [-0.1, -0.05) is 17.7 Å². The van der Waals surface area contributed by atoms with Gasteiger partial charge in [-0.25, -0.2) is 13.8 Å². The molecule has 0 bridgehead atoms. The van der Waals surface area contributed by atoms with Crippen LogP contribution in [0, 0.1) is 24.5 Å². The predicted molar refractivity (Wildman–Crippen MR) is 116 cm³/mol. The first-order valence-electron chi connectivity index (χ1n) is 10.4. The number of carbonyl (C=O) groups is 1. The summed E-state index contributed by atoms with van der Waals surface area (Å²) < 4.78 is 35.5. The van der Waals surface area contributed by atoms with Gasteiger partial charge in [0.05, 0.1) is 18.1 Å². The van der Waals surface area contributed by atoms with Crippen LogP contribution >= 0.6 is 0 Å². The minimum absolute atomic E-state index is 0.0284. The quantitative estimate of drug-likeness (QED) is 0.568. The third-order valence-corrected chi connectivity index (χ3v) is 5.56. The summed E-state index contributed by atoms with van der Waals surface area (Å²) in [5.74, 6) is -1.40. The van der Waals surface area contributed by atoms with Gasteiger partial charge >= 0.3 is 5.97 Å². The first-order chi connectivity index (χ1) is 15.4. The van der Waals surface area contributed by atoms with Gasteiger partial charge in [-0.15, -0.1) is 0 Å². The number of piperidine rings is 1. The van der Waals surface area contributed by atoms with Crippen molar-refractivity contribution >= 4 is 11.7 Å². The van der Waals surface area contributed by atoms with Gasteiger partial charge in [0, 0.05) is 25.1 Å². The molecular formula is C24H23F2N3O3. The maximum Gasteiger partial charge on any atom is 0.303 e. The molecule has 2 aromatic carbocycles. The second-order valence-corrected chi connectivity index (χ2v) is 7.97. The molecule has 2 heterocycles. The summed E-state index contributed by atoms with van der Waals surface area (Å²) in [4.78, 5) is 20.9. The maximum atomic E-state index is 14.9. The molecule has 32 heavy (non-hydrogen) atoms. The van der Waals surface area contributed by atoms with E-state index in [1.165, 1.54) is 24.5 Å². The van der Waals surface area contributed by atoms with Crippen LogP contribution in [0.3, 0.4) is 0 Å². The number of carboxylic acids is 1. The van der Waals surface area contributed by atoms with E-state index in [-0.39, 0.29) is 29.5 Å².